The summed E-state index contributed by atoms with van der Waals surface area (Å²) in [5.41, 5.74) is 4.16. The van der Waals surface area contributed by atoms with Crippen molar-refractivity contribution in [2.75, 3.05) is 0 Å². The van der Waals surface area contributed by atoms with Crippen molar-refractivity contribution in [3.8, 4) is 11.4 Å². The highest BCUT2D eigenvalue weighted by Crippen LogP contribution is 2.45. The first-order chi connectivity index (χ1) is 17.7. The van der Waals surface area contributed by atoms with Gasteiger partial charge in [-0.05, 0) is 58.4 Å². The van der Waals surface area contributed by atoms with Gasteiger partial charge in [0.25, 0.3) is 11.8 Å². The van der Waals surface area contributed by atoms with E-state index in [4.69, 9.17) is 0 Å². The van der Waals surface area contributed by atoms with Crippen LogP contribution in [0.2, 0.25) is 0 Å². The summed E-state index contributed by atoms with van der Waals surface area (Å²) in [7, 11) is 0. The molecule has 10 nitrogen and oxygen atoms in total. The highest BCUT2D eigenvalue weighted by atomic mass is 19.1. The van der Waals surface area contributed by atoms with E-state index in [9.17, 15) is 14.0 Å². The van der Waals surface area contributed by atoms with Crippen molar-refractivity contribution in [3.05, 3.63) is 88.3 Å². The molecule has 0 saturated carbocycles. The molecule has 0 spiro atoms. The number of carbonyl (C=O) groups is 2. The Morgan fingerprint density at radius 1 is 1.08 bits per heavy atom. The zero-order chi connectivity index (χ0) is 26.2. The number of benzene rings is 2. The monoisotopic (exact) mass is 500 g/mol. The van der Waals surface area contributed by atoms with Crippen LogP contribution in [-0.2, 0) is 12.0 Å². The summed E-state index contributed by atoms with van der Waals surface area (Å²) in [6, 6.07) is 11.7. The summed E-state index contributed by atoms with van der Waals surface area (Å²) >= 11 is 0. The molecular formula is C26H25FN8O2. The molecule has 0 bridgehead atoms. The SMILES string of the molecule is Cc1cc(CNC(=O)c2cc(C(=O)N[C@@H]3CC(C)(C)c4cc(-c5nn[nH]n5)ccc43)ncn2)ccc1F. The number of nitrogens with one attached hydrogen (secondary N) is 3. The zero-order valence-corrected chi connectivity index (χ0v) is 20.5. The molecule has 0 radical (unpaired) electrons. The molecule has 4 aromatic rings. The lowest BCUT2D eigenvalue weighted by atomic mass is 9.85. The second-order valence-corrected chi connectivity index (χ2v) is 9.71. The van der Waals surface area contributed by atoms with Crippen molar-refractivity contribution in [1.29, 1.82) is 0 Å². The Balaban J connectivity index is 1.29. The predicted octanol–water partition coefficient (Wildman–Crippen LogP) is 3.19. The average Bonchev–Trinajstić information content (AvgIpc) is 3.51. The minimum Gasteiger partial charge on any atom is -0.347 e. The lowest BCUT2D eigenvalue weighted by molar-refractivity contribution is 0.0929. The number of hydrogen-bond donors (Lipinski definition) is 3. The van der Waals surface area contributed by atoms with E-state index in [-0.39, 0.29) is 35.2 Å². The molecule has 37 heavy (non-hydrogen) atoms. The first kappa shape index (κ1) is 24.2. The molecule has 2 aromatic heterocycles. The smallest absolute Gasteiger partial charge is 0.270 e. The Bertz CT molecular complexity index is 1490. The number of H-pyrrole nitrogens is 1. The van der Waals surface area contributed by atoms with E-state index in [0.29, 0.717) is 17.8 Å². The lowest BCUT2D eigenvalue weighted by Crippen LogP contribution is -2.30. The van der Waals surface area contributed by atoms with E-state index < -0.39 is 11.8 Å². The standard InChI is InChI=1S/C26H25FN8O2/c1-14-8-15(4-7-19(14)27)12-28-24(36)20-10-21(30-13-29-20)25(37)31-22-11-26(2,3)18-9-16(5-6-17(18)22)23-32-34-35-33-23/h4-10,13,22H,11-12H2,1-3H3,(H,28,36)(H,31,37)(H,32,33,34,35)/t22-/m1/s1. The minimum absolute atomic E-state index is 0.0656. The number of fused-ring (bicyclic) bond motifs is 1. The third-order valence-corrected chi connectivity index (χ3v) is 6.59. The fraction of sp³-hybridized carbons (Fsp3) is 0.269. The number of hydrogen-bond acceptors (Lipinski definition) is 7. The number of carbonyl (C=O) groups excluding carboxylic acids is 2. The van der Waals surface area contributed by atoms with Crippen LogP contribution in [0.25, 0.3) is 11.4 Å². The number of aromatic amines is 1. The molecule has 0 fully saturated rings. The summed E-state index contributed by atoms with van der Waals surface area (Å²) in [5, 5.41) is 20.0. The molecule has 2 heterocycles. The van der Waals surface area contributed by atoms with Gasteiger partial charge in [0, 0.05) is 18.2 Å². The Morgan fingerprint density at radius 2 is 1.86 bits per heavy atom. The van der Waals surface area contributed by atoms with Gasteiger partial charge in [-0.25, -0.2) is 14.4 Å². The average molecular weight is 501 g/mol. The molecule has 0 unspecified atom stereocenters. The summed E-state index contributed by atoms with van der Waals surface area (Å²) in [6.45, 7) is 6.10. The van der Waals surface area contributed by atoms with Crippen molar-refractivity contribution in [1.82, 2.24) is 41.2 Å². The van der Waals surface area contributed by atoms with E-state index in [1.807, 2.05) is 18.2 Å². The van der Waals surface area contributed by atoms with Crippen LogP contribution in [0.5, 0.6) is 0 Å². The first-order valence-electron chi connectivity index (χ1n) is 11.8. The van der Waals surface area contributed by atoms with Crippen LogP contribution in [0, 0.1) is 12.7 Å². The summed E-state index contributed by atoms with van der Waals surface area (Å²) < 4.78 is 13.5. The molecule has 0 saturated heterocycles. The number of aromatic nitrogens is 6. The topological polar surface area (TPSA) is 138 Å². The van der Waals surface area contributed by atoms with E-state index >= 15 is 0 Å². The van der Waals surface area contributed by atoms with Crippen molar-refractivity contribution in [3.63, 3.8) is 0 Å². The Morgan fingerprint density at radius 3 is 2.59 bits per heavy atom. The van der Waals surface area contributed by atoms with Crippen LogP contribution in [0.15, 0.2) is 48.8 Å². The van der Waals surface area contributed by atoms with E-state index in [1.165, 1.54) is 18.5 Å². The van der Waals surface area contributed by atoms with Gasteiger partial charge < -0.3 is 10.6 Å². The number of tetrazole rings is 1. The van der Waals surface area contributed by atoms with Crippen LogP contribution >= 0.6 is 0 Å². The third-order valence-electron chi connectivity index (χ3n) is 6.59. The number of nitrogens with zero attached hydrogens (tertiary/aromatic N) is 5. The summed E-state index contributed by atoms with van der Waals surface area (Å²) in [6.07, 6.45) is 1.88. The van der Waals surface area contributed by atoms with Gasteiger partial charge in [0.15, 0.2) is 0 Å². The van der Waals surface area contributed by atoms with Crippen LogP contribution in [0.1, 0.15) is 69.5 Å². The molecule has 188 valence electrons. The highest BCUT2D eigenvalue weighted by Gasteiger charge is 2.38. The van der Waals surface area contributed by atoms with Gasteiger partial charge in [-0.1, -0.05) is 38.1 Å². The molecular weight excluding hydrogens is 475 g/mol. The van der Waals surface area contributed by atoms with E-state index in [2.05, 4.69) is 55.1 Å². The van der Waals surface area contributed by atoms with Crippen LogP contribution < -0.4 is 10.6 Å². The molecule has 2 aromatic carbocycles. The van der Waals surface area contributed by atoms with E-state index in [1.54, 1.807) is 19.1 Å². The van der Waals surface area contributed by atoms with Crippen molar-refractivity contribution < 1.29 is 14.0 Å². The summed E-state index contributed by atoms with van der Waals surface area (Å²) in [5.74, 6) is -0.657. The first-order valence-corrected chi connectivity index (χ1v) is 11.8. The van der Waals surface area contributed by atoms with Crippen molar-refractivity contribution >= 4 is 11.8 Å². The van der Waals surface area contributed by atoms with Gasteiger partial charge in [0.05, 0.1) is 6.04 Å². The normalized spacial score (nSPS) is 15.7. The fourth-order valence-electron chi connectivity index (χ4n) is 4.66. The molecule has 1 aliphatic rings. The number of halogens is 1. The Labute approximate surface area is 212 Å². The number of rotatable bonds is 6. The van der Waals surface area contributed by atoms with Crippen LogP contribution in [-0.4, -0.2) is 42.4 Å². The molecule has 11 heteroatoms. The van der Waals surface area contributed by atoms with Gasteiger partial charge in [-0.15, -0.1) is 10.2 Å². The van der Waals surface area contributed by atoms with Gasteiger partial charge >= 0.3 is 0 Å². The quantitative estimate of drug-likeness (QED) is 0.370. The molecule has 3 N–H and O–H groups in total. The highest BCUT2D eigenvalue weighted by molar-refractivity contribution is 5.97. The molecule has 5 rings (SSSR count). The zero-order valence-electron chi connectivity index (χ0n) is 20.5. The van der Waals surface area contributed by atoms with Gasteiger partial charge in [0.1, 0.15) is 23.5 Å². The number of aryl methyl sites for hydroxylation is 1. The predicted molar refractivity (Wildman–Crippen MR) is 132 cm³/mol. The number of amides is 2. The molecule has 2 amide bonds. The van der Waals surface area contributed by atoms with Crippen molar-refractivity contribution in [2.24, 2.45) is 0 Å². The van der Waals surface area contributed by atoms with Crippen LogP contribution in [0.4, 0.5) is 4.39 Å². The molecule has 1 atom stereocenters. The Hall–Kier alpha value is -4.54. The maximum absolute atomic E-state index is 13.5. The van der Waals surface area contributed by atoms with Gasteiger partial charge in [-0.3, -0.25) is 9.59 Å². The second-order valence-electron chi connectivity index (χ2n) is 9.71. The third kappa shape index (κ3) is 4.92. The lowest BCUT2D eigenvalue weighted by Gasteiger charge is -2.19. The molecule has 0 aliphatic heterocycles. The minimum atomic E-state index is -0.459. The maximum Gasteiger partial charge on any atom is 0.270 e. The maximum atomic E-state index is 13.5. The van der Waals surface area contributed by atoms with Crippen molar-refractivity contribution in [2.45, 2.75) is 45.2 Å². The Kier molecular flexibility index (Phi) is 6.20. The van der Waals surface area contributed by atoms with E-state index in [0.717, 1.165) is 22.3 Å². The van der Waals surface area contributed by atoms with Gasteiger partial charge in [0.2, 0.25) is 5.82 Å². The molecule has 1 aliphatic carbocycles. The second kappa shape index (κ2) is 9.49. The van der Waals surface area contributed by atoms with Crippen LogP contribution in [0.3, 0.4) is 0 Å². The largest absolute Gasteiger partial charge is 0.347 e. The fourth-order valence-corrected chi connectivity index (χ4v) is 4.66. The summed E-state index contributed by atoms with van der Waals surface area (Å²) in [4.78, 5) is 33.8. The van der Waals surface area contributed by atoms with Gasteiger partial charge in [-0.2, -0.15) is 5.21 Å².